The van der Waals surface area contributed by atoms with Crippen molar-refractivity contribution in [1.82, 2.24) is 0 Å². The monoisotopic (exact) mass is 250 g/mol. The molecule has 0 saturated heterocycles. The van der Waals surface area contributed by atoms with Crippen molar-refractivity contribution in [3.8, 4) is 0 Å². The van der Waals surface area contributed by atoms with Gasteiger partial charge in [0, 0.05) is 0 Å². The molecule has 0 aromatic carbocycles. The van der Waals surface area contributed by atoms with E-state index in [9.17, 15) is 0 Å². The predicted molar refractivity (Wildman–Crippen MR) is 66.3 cm³/mol. The summed E-state index contributed by atoms with van der Waals surface area (Å²) in [5.41, 5.74) is 0. The molecular weight excluding hydrogens is 232 g/mol. The Morgan fingerprint density at radius 3 is 1.23 bits per heavy atom. The SMILES string of the molecule is CCC[CH2][Mg][Cl].CCC[CH2][Mg][Cl].O. The second-order valence-corrected chi connectivity index (χ2v) is 7.23. The molecule has 2 N–H and O–H groups in total. The maximum atomic E-state index is 5.52. The molecule has 0 aromatic rings. The van der Waals surface area contributed by atoms with Gasteiger partial charge in [-0.15, -0.1) is 9.10 Å². The Morgan fingerprint density at radius 2 is 1.15 bits per heavy atom. The lowest BCUT2D eigenvalue weighted by atomic mass is 10.4. The van der Waals surface area contributed by atoms with E-state index in [1.807, 2.05) is 0 Å². The summed E-state index contributed by atoms with van der Waals surface area (Å²) in [6, 6.07) is 0. The van der Waals surface area contributed by atoms with Gasteiger partial charge in [-0.05, 0) is 0 Å². The Balaban J connectivity index is -0.000000143. The molecule has 0 aliphatic rings. The Hall–Kier alpha value is 2.07. The van der Waals surface area contributed by atoms with Gasteiger partial charge in [0.1, 0.15) is 0 Å². The van der Waals surface area contributed by atoms with Gasteiger partial charge in [0.25, 0.3) is 0 Å². The standard InChI is InChI=1S/2C4H9.2ClH.2Mg.H2O/c2*1-3-4-2;;;;;/h2*1,3-4H2,2H3;2*1H;;;1H2/q;;;;2*+1;/p-2. The first-order valence-electron chi connectivity index (χ1n) is 4.95. The van der Waals surface area contributed by atoms with Crippen LogP contribution >= 0.6 is 18.1 Å². The van der Waals surface area contributed by atoms with Crippen molar-refractivity contribution in [1.29, 1.82) is 0 Å². The van der Waals surface area contributed by atoms with Crippen LogP contribution < -0.4 is 0 Å². The van der Waals surface area contributed by atoms with Gasteiger partial charge >= 0.3 is 38.5 Å². The molecule has 1 nitrogen and oxygen atoms in total. The lowest BCUT2D eigenvalue weighted by molar-refractivity contribution is 0.824. The van der Waals surface area contributed by atoms with Crippen LogP contribution in [0.1, 0.15) is 39.5 Å². The maximum Gasteiger partial charge on any atom is 0.501 e. The average Bonchev–Trinajstić information content (AvgIpc) is 2.12. The molecular formula is C8H20Cl2Mg2O. The Bertz CT molecular complexity index is 52.1. The van der Waals surface area contributed by atoms with E-state index >= 15 is 0 Å². The molecule has 5 heteroatoms. The zero-order chi connectivity index (χ0) is 9.66. The quantitative estimate of drug-likeness (QED) is 0.513. The number of halogens is 2. The topological polar surface area (TPSA) is 31.5 Å². The van der Waals surface area contributed by atoms with Crippen molar-refractivity contribution in [2.45, 2.75) is 48.6 Å². The molecule has 0 amide bonds. The van der Waals surface area contributed by atoms with Crippen molar-refractivity contribution in [3.63, 3.8) is 0 Å². The van der Waals surface area contributed by atoms with E-state index in [0.717, 1.165) is 0 Å². The van der Waals surface area contributed by atoms with Gasteiger partial charge in [0.05, 0.1) is 0 Å². The smallest absolute Gasteiger partial charge is 0.412 e. The van der Waals surface area contributed by atoms with Gasteiger partial charge in [-0.1, -0.05) is 39.5 Å². The van der Waals surface area contributed by atoms with Crippen molar-refractivity contribution in [2.75, 3.05) is 0 Å². The predicted octanol–water partition coefficient (Wildman–Crippen LogP) is 3.30. The van der Waals surface area contributed by atoms with Crippen LogP contribution in [0.4, 0.5) is 0 Å². The van der Waals surface area contributed by atoms with E-state index in [-0.39, 0.29) is 44.0 Å². The summed E-state index contributed by atoms with van der Waals surface area (Å²) in [4.78, 5) is 0. The highest BCUT2D eigenvalue weighted by Gasteiger charge is 1.85. The van der Waals surface area contributed by atoms with Crippen molar-refractivity contribution < 1.29 is 5.48 Å². The summed E-state index contributed by atoms with van der Waals surface area (Å²) in [6.45, 7) is 4.39. The van der Waals surface area contributed by atoms with E-state index in [2.05, 4.69) is 13.8 Å². The highest BCUT2D eigenvalue weighted by atomic mass is 35.5. The lowest BCUT2D eigenvalue weighted by Gasteiger charge is -1.82. The Labute approximate surface area is 110 Å². The first-order chi connectivity index (χ1) is 5.83. The summed E-state index contributed by atoms with van der Waals surface area (Å²) in [6.07, 6.45) is 5.30. The molecule has 0 bridgehead atoms. The van der Waals surface area contributed by atoms with Crippen molar-refractivity contribution in [3.05, 3.63) is 0 Å². The van der Waals surface area contributed by atoms with E-state index < -0.39 is 0 Å². The fourth-order valence-electron chi connectivity index (χ4n) is 0.689. The minimum absolute atomic E-state index is 0. The normalized spacial score (nSPS) is 7.08. The highest BCUT2D eigenvalue weighted by molar-refractivity contribution is 6.93. The van der Waals surface area contributed by atoms with Gasteiger partial charge < -0.3 is 23.6 Å². The minimum Gasteiger partial charge on any atom is -0.412 e. The molecule has 13 heavy (non-hydrogen) atoms. The van der Waals surface area contributed by atoms with Crippen LogP contribution in [0.5, 0.6) is 0 Å². The molecule has 0 fully saturated rings. The fourth-order valence-corrected chi connectivity index (χ4v) is 3.20. The van der Waals surface area contributed by atoms with E-state index in [4.69, 9.17) is 18.1 Å². The molecule has 0 heterocycles. The molecule has 0 saturated carbocycles. The number of hydrogen-bond acceptors (Lipinski definition) is 0. The summed E-state index contributed by atoms with van der Waals surface area (Å²) in [5.74, 6) is 0. The number of hydrogen-bond donors (Lipinski definition) is 0. The molecule has 0 atom stereocenters. The van der Waals surface area contributed by atoms with Crippen molar-refractivity contribution >= 4 is 56.7 Å². The molecule has 0 aromatic heterocycles. The number of rotatable bonds is 6. The van der Waals surface area contributed by atoms with Gasteiger partial charge in [-0.3, -0.25) is 0 Å². The summed E-state index contributed by atoms with van der Waals surface area (Å²) in [7, 11) is 11.0. The van der Waals surface area contributed by atoms with Crippen LogP contribution in [0.3, 0.4) is 0 Å². The molecule has 0 radical (unpaired) electrons. The maximum absolute atomic E-state index is 5.52. The second-order valence-electron chi connectivity index (χ2n) is 2.79. The number of unbranched alkanes of at least 4 members (excludes halogenated alkanes) is 2. The highest BCUT2D eigenvalue weighted by Crippen LogP contribution is 1.93. The largest absolute Gasteiger partial charge is 0.501 e. The van der Waals surface area contributed by atoms with Crippen LogP contribution in [-0.4, -0.2) is 44.0 Å². The third-order valence-electron chi connectivity index (χ3n) is 1.47. The second kappa shape index (κ2) is 23.7. The molecule has 0 spiro atoms. The van der Waals surface area contributed by atoms with E-state index in [1.54, 1.807) is 0 Å². The van der Waals surface area contributed by atoms with E-state index in [1.165, 1.54) is 34.8 Å². The van der Waals surface area contributed by atoms with Gasteiger partial charge in [0.15, 0.2) is 0 Å². The summed E-state index contributed by atoms with van der Waals surface area (Å²) >= 11 is -0.250. The zero-order valence-corrected chi connectivity index (χ0v) is 13.3. The molecule has 0 rings (SSSR count). The fraction of sp³-hybridized carbons (Fsp3) is 1.00. The first-order valence-corrected chi connectivity index (χ1v) is 11.2. The molecule has 0 unspecified atom stereocenters. The minimum atomic E-state index is -0.125. The molecule has 0 aliphatic heterocycles. The van der Waals surface area contributed by atoms with Crippen LogP contribution in [0.25, 0.3) is 0 Å². The summed E-state index contributed by atoms with van der Waals surface area (Å²) < 4.78 is 2.64. The van der Waals surface area contributed by atoms with Crippen LogP contribution in [0, 0.1) is 0 Å². The summed E-state index contributed by atoms with van der Waals surface area (Å²) in [5, 5.41) is 0. The van der Waals surface area contributed by atoms with Crippen LogP contribution in [-0.2, 0) is 0 Å². The molecule has 0 aliphatic carbocycles. The lowest BCUT2D eigenvalue weighted by Crippen LogP contribution is -1.73. The third-order valence-corrected chi connectivity index (χ3v) is 4.61. The van der Waals surface area contributed by atoms with Gasteiger partial charge in [-0.2, -0.15) is 0 Å². The zero-order valence-electron chi connectivity index (χ0n) is 8.91. The van der Waals surface area contributed by atoms with Gasteiger partial charge in [0.2, 0.25) is 0 Å². The first kappa shape index (κ1) is 20.5. The molecule has 76 valence electrons. The van der Waals surface area contributed by atoms with Gasteiger partial charge in [-0.25, -0.2) is 0 Å². The van der Waals surface area contributed by atoms with E-state index in [0.29, 0.717) is 0 Å². The Kier molecular flexibility index (Phi) is 37.3. The Morgan fingerprint density at radius 1 is 0.846 bits per heavy atom. The average molecular weight is 252 g/mol. The van der Waals surface area contributed by atoms with Crippen molar-refractivity contribution in [2.24, 2.45) is 0 Å². The van der Waals surface area contributed by atoms with Crippen LogP contribution in [0.15, 0.2) is 0 Å². The third kappa shape index (κ3) is 31.5. The van der Waals surface area contributed by atoms with Crippen LogP contribution in [0.2, 0.25) is 9.10 Å².